The maximum atomic E-state index is 9.12. The van der Waals surface area contributed by atoms with E-state index in [4.69, 9.17) is 16.7 Å². The fourth-order valence-corrected chi connectivity index (χ4v) is 3.00. The van der Waals surface area contributed by atoms with E-state index in [1.54, 1.807) is 0 Å². The summed E-state index contributed by atoms with van der Waals surface area (Å²) in [6.07, 6.45) is 1.02. The second-order valence-corrected chi connectivity index (χ2v) is 7.89. The molecule has 0 aliphatic heterocycles. The molecule has 0 rings (SSSR count). The van der Waals surface area contributed by atoms with Crippen LogP contribution in [-0.2, 0) is 16.3 Å². The summed E-state index contributed by atoms with van der Waals surface area (Å²) < 4.78 is 4.68. The molecule has 0 aliphatic rings. The lowest BCUT2D eigenvalue weighted by atomic mass is 10.6. The molecule has 1 atom stereocenters. The summed E-state index contributed by atoms with van der Waals surface area (Å²) in [5.41, 5.74) is -2.44. The van der Waals surface area contributed by atoms with Crippen LogP contribution in [0.3, 0.4) is 0 Å². The molecule has 0 fully saturated rings. The zero-order valence-corrected chi connectivity index (χ0v) is 9.29. The fraction of sp³-hybridized carbons (Fsp3) is 1.00. The molecule has 0 aromatic heterocycles. The van der Waals surface area contributed by atoms with Crippen molar-refractivity contribution in [2.24, 2.45) is 0 Å². The minimum atomic E-state index is -2.44. The van der Waals surface area contributed by atoms with Gasteiger partial charge in [0.05, 0.1) is 0 Å². The van der Waals surface area contributed by atoms with Gasteiger partial charge in [0.1, 0.15) is 0 Å². The molecule has 0 aromatic rings. The maximum absolute atomic E-state index is 9.12. The number of hydrogen-bond acceptors (Lipinski definition) is 3. The zero-order chi connectivity index (χ0) is 7.33. The Bertz CT molecular complexity index is 122. The van der Waals surface area contributed by atoms with Crippen LogP contribution in [0.2, 0.25) is 0 Å². The molecule has 0 radical (unpaired) electrons. The lowest BCUT2D eigenvalue weighted by Gasteiger charge is -2.09. The van der Waals surface area contributed by atoms with Crippen LogP contribution in [0.25, 0.3) is 0 Å². The highest BCUT2D eigenvalue weighted by atomic mass is 35.5. The van der Waals surface area contributed by atoms with Crippen molar-refractivity contribution in [2.45, 2.75) is 13.3 Å². The van der Waals surface area contributed by atoms with Gasteiger partial charge in [-0.15, -0.1) is 12.4 Å². The van der Waals surface area contributed by atoms with Gasteiger partial charge in [0.2, 0.25) is 5.69 Å². The van der Waals surface area contributed by atoms with Crippen LogP contribution in [0, 0.1) is 0 Å². The van der Waals surface area contributed by atoms with Crippen LogP contribution in [0.4, 0.5) is 0 Å². The number of hydrogen-bond donors (Lipinski definition) is 1. The molecule has 0 saturated carbocycles. The first kappa shape index (κ1) is 13.8. The Kier molecular flexibility index (Phi) is 9.49. The van der Waals surface area contributed by atoms with Crippen LogP contribution in [0.5, 0.6) is 0 Å². The Balaban J connectivity index is 0. The normalized spacial score (nSPS) is 15.5. The Labute approximate surface area is 77.1 Å². The summed E-state index contributed by atoms with van der Waals surface area (Å²) in [5.74, 6) is 0.877. The Morgan fingerprint density at radius 1 is 1.70 bits per heavy atom. The van der Waals surface area contributed by atoms with Crippen molar-refractivity contribution >= 4 is 41.3 Å². The predicted octanol–water partition coefficient (Wildman–Crippen LogP) is 2.41. The molecule has 64 valence electrons. The SMILES string of the molecule is CCCSP(O)(=S)OC.Cl. The van der Waals surface area contributed by atoms with Gasteiger partial charge in [-0.2, -0.15) is 0 Å². The van der Waals surface area contributed by atoms with Crippen molar-refractivity contribution < 1.29 is 9.42 Å². The summed E-state index contributed by atoms with van der Waals surface area (Å²) in [5, 5.41) is 0. The molecule has 1 unspecified atom stereocenters. The molecule has 10 heavy (non-hydrogen) atoms. The van der Waals surface area contributed by atoms with E-state index < -0.39 is 5.69 Å². The Hall–Kier alpha value is 1.21. The standard InChI is InChI=1S/C4H11O2PS2.ClH/c1-3-4-9-7(5,8)6-2;/h3-4H2,1-2H3,(H,5,8);1H. The minimum absolute atomic E-state index is 0. The minimum Gasteiger partial charge on any atom is -0.337 e. The average Bonchev–Trinajstić information content (AvgIpc) is 1.84. The van der Waals surface area contributed by atoms with Gasteiger partial charge in [0.15, 0.2) is 0 Å². The first-order chi connectivity index (χ1) is 4.12. The molecule has 6 heteroatoms. The largest absolute Gasteiger partial charge is 0.337 e. The zero-order valence-electron chi connectivity index (χ0n) is 5.94. The second-order valence-electron chi connectivity index (χ2n) is 1.48. The van der Waals surface area contributed by atoms with Gasteiger partial charge in [-0.3, -0.25) is 0 Å². The fourth-order valence-electron chi connectivity index (χ4n) is 0.259. The Morgan fingerprint density at radius 2 is 2.20 bits per heavy atom. The highest BCUT2D eigenvalue weighted by Crippen LogP contribution is 2.55. The number of halogens is 1. The molecule has 0 amide bonds. The summed E-state index contributed by atoms with van der Waals surface area (Å²) in [6, 6.07) is 0. The third kappa shape index (κ3) is 7.32. The van der Waals surface area contributed by atoms with Gasteiger partial charge in [-0.05, 0) is 18.2 Å². The molecule has 1 N–H and O–H groups in total. The van der Waals surface area contributed by atoms with E-state index in [1.165, 1.54) is 18.5 Å². The molecule has 0 aromatic carbocycles. The van der Waals surface area contributed by atoms with Crippen molar-refractivity contribution in [3.63, 3.8) is 0 Å². The number of rotatable bonds is 4. The van der Waals surface area contributed by atoms with Crippen LogP contribution in [0.15, 0.2) is 0 Å². The third-order valence-electron chi connectivity index (χ3n) is 0.689. The van der Waals surface area contributed by atoms with E-state index >= 15 is 0 Å². The summed E-state index contributed by atoms with van der Waals surface area (Å²) in [6.45, 7) is 2.04. The first-order valence-electron chi connectivity index (χ1n) is 2.65. The molecular weight excluding hydrogens is 211 g/mol. The smallest absolute Gasteiger partial charge is 0.244 e. The second kappa shape index (κ2) is 6.89. The molecule has 0 spiro atoms. The van der Waals surface area contributed by atoms with Crippen molar-refractivity contribution in [1.82, 2.24) is 0 Å². The van der Waals surface area contributed by atoms with E-state index in [0.717, 1.165) is 12.2 Å². The first-order valence-corrected chi connectivity index (χ1v) is 6.92. The van der Waals surface area contributed by atoms with Crippen LogP contribution < -0.4 is 0 Å². The van der Waals surface area contributed by atoms with Gasteiger partial charge in [-0.25, -0.2) is 0 Å². The maximum Gasteiger partial charge on any atom is 0.244 e. The van der Waals surface area contributed by atoms with Crippen LogP contribution >= 0.6 is 29.5 Å². The lowest BCUT2D eigenvalue weighted by molar-refractivity contribution is 0.404. The van der Waals surface area contributed by atoms with Crippen molar-refractivity contribution in [2.75, 3.05) is 12.9 Å². The monoisotopic (exact) mass is 222 g/mol. The van der Waals surface area contributed by atoms with E-state index in [-0.39, 0.29) is 12.4 Å². The van der Waals surface area contributed by atoms with Gasteiger partial charge < -0.3 is 9.42 Å². The third-order valence-corrected chi connectivity index (χ3v) is 5.44. The van der Waals surface area contributed by atoms with E-state index in [2.05, 4.69) is 4.52 Å². The van der Waals surface area contributed by atoms with E-state index in [0.29, 0.717) is 0 Å². The Morgan fingerprint density at radius 3 is 2.50 bits per heavy atom. The van der Waals surface area contributed by atoms with Crippen molar-refractivity contribution in [3.8, 4) is 0 Å². The van der Waals surface area contributed by atoms with Crippen LogP contribution in [-0.4, -0.2) is 17.8 Å². The highest BCUT2D eigenvalue weighted by Gasteiger charge is 2.09. The highest BCUT2D eigenvalue weighted by molar-refractivity contribution is 8.67. The van der Waals surface area contributed by atoms with E-state index in [9.17, 15) is 0 Å². The quantitative estimate of drug-likeness (QED) is 0.740. The van der Waals surface area contributed by atoms with Gasteiger partial charge in [-0.1, -0.05) is 18.3 Å². The molecule has 0 aliphatic carbocycles. The molecule has 0 bridgehead atoms. The van der Waals surface area contributed by atoms with Crippen LogP contribution in [0.1, 0.15) is 13.3 Å². The molecule has 0 saturated heterocycles. The molecular formula is C4H12ClO2PS2. The van der Waals surface area contributed by atoms with Gasteiger partial charge in [0, 0.05) is 12.9 Å². The van der Waals surface area contributed by atoms with Gasteiger partial charge in [0.25, 0.3) is 0 Å². The summed E-state index contributed by atoms with van der Waals surface area (Å²) in [7, 11) is 1.45. The summed E-state index contributed by atoms with van der Waals surface area (Å²) >= 11 is 6.06. The average molecular weight is 223 g/mol. The lowest BCUT2D eigenvalue weighted by Crippen LogP contribution is -1.78. The van der Waals surface area contributed by atoms with E-state index in [1.807, 2.05) is 6.92 Å². The topological polar surface area (TPSA) is 29.5 Å². The molecule has 0 heterocycles. The van der Waals surface area contributed by atoms with Crippen molar-refractivity contribution in [1.29, 1.82) is 0 Å². The van der Waals surface area contributed by atoms with Crippen molar-refractivity contribution in [3.05, 3.63) is 0 Å². The predicted molar refractivity (Wildman–Crippen MR) is 53.5 cm³/mol. The molecule has 2 nitrogen and oxygen atoms in total. The van der Waals surface area contributed by atoms with Gasteiger partial charge >= 0.3 is 0 Å². The summed E-state index contributed by atoms with van der Waals surface area (Å²) in [4.78, 5) is 9.12.